The van der Waals surface area contributed by atoms with E-state index in [1.54, 1.807) is 18.2 Å². The molecule has 0 aliphatic rings. The highest BCUT2D eigenvalue weighted by molar-refractivity contribution is 9.10. The molecule has 0 heterocycles. The van der Waals surface area contributed by atoms with Gasteiger partial charge in [0.2, 0.25) is 0 Å². The minimum absolute atomic E-state index is 0.118. The predicted octanol–water partition coefficient (Wildman–Crippen LogP) is 2.57. The fourth-order valence-corrected chi connectivity index (χ4v) is 1.93. The lowest BCUT2D eigenvalue weighted by Crippen LogP contribution is -2.30. The quantitative estimate of drug-likeness (QED) is 0.544. The summed E-state index contributed by atoms with van der Waals surface area (Å²) in [6.45, 7) is 4.97. The number of benzene rings is 1. The minimum Gasteiger partial charge on any atom is -0.483 e. The third-order valence-electron chi connectivity index (χ3n) is 2.55. The summed E-state index contributed by atoms with van der Waals surface area (Å²) in [5.41, 5.74) is 0.405. The summed E-state index contributed by atoms with van der Waals surface area (Å²) in [5.74, 6) is 0.172. The van der Waals surface area contributed by atoms with Crippen molar-refractivity contribution in [3.8, 4) is 5.75 Å². The van der Waals surface area contributed by atoms with E-state index in [1.165, 1.54) is 0 Å². The Bertz CT molecular complexity index is 477. The average Bonchev–Trinajstić information content (AvgIpc) is 2.45. The zero-order valence-corrected chi connectivity index (χ0v) is 13.8. The third kappa shape index (κ3) is 7.24. The second-order valence-electron chi connectivity index (χ2n) is 4.71. The van der Waals surface area contributed by atoms with Gasteiger partial charge in [0.25, 0.3) is 5.91 Å². The Kier molecular flexibility index (Phi) is 8.00. The van der Waals surface area contributed by atoms with Gasteiger partial charge in [0, 0.05) is 17.6 Å². The summed E-state index contributed by atoms with van der Waals surface area (Å²) < 4.78 is 11.5. The number of hydrogen-bond donors (Lipinski definition) is 1. The molecule has 5 nitrogen and oxygen atoms in total. The Labute approximate surface area is 133 Å². The van der Waals surface area contributed by atoms with Crippen LogP contribution in [0.4, 0.5) is 0 Å². The number of nitrogens with one attached hydrogen (secondary N) is 1. The first-order valence-electron chi connectivity index (χ1n) is 6.78. The number of aldehydes is 1. The summed E-state index contributed by atoms with van der Waals surface area (Å²) >= 11 is 3.27. The summed E-state index contributed by atoms with van der Waals surface area (Å²) in [4.78, 5) is 22.5. The van der Waals surface area contributed by atoms with Gasteiger partial charge in [0.15, 0.2) is 12.9 Å². The van der Waals surface area contributed by atoms with Gasteiger partial charge < -0.3 is 14.8 Å². The largest absolute Gasteiger partial charge is 0.483 e. The van der Waals surface area contributed by atoms with Gasteiger partial charge in [-0.3, -0.25) is 9.59 Å². The maximum atomic E-state index is 11.6. The van der Waals surface area contributed by atoms with E-state index in [0.717, 1.165) is 10.9 Å². The van der Waals surface area contributed by atoms with Crippen molar-refractivity contribution in [3.63, 3.8) is 0 Å². The Hall–Kier alpha value is -1.40. The van der Waals surface area contributed by atoms with Crippen molar-refractivity contribution in [3.05, 3.63) is 28.2 Å². The van der Waals surface area contributed by atoms with Crippen LogP contribution in [0.3, 0.4) is 0 Å². The van der Waals surface area contributed by atoms with Gasteiger partial charge in [0.05, 0.1) is 11.7 Å². The molecule has 0 saturated carbocycles. The highest BCUT2D eigenvalue weighted by atomic mass is 79.9. The van der Waals surface area contributed by atoms with Crippen LogP contribution in [0.1, 0.15) is 30.6 Å². The monoisotopic (exact) mass is 357 g/mol. The number of rotatable bonds is 9. The third-order valence-corrected chi connectivity index (χ3v) is 3.05. The molecule has 0 radical (unpaired) electrons. The van der Waals surface area contributed by atoms with Gasteiger partial charge >= 0.3 is 0 Å². The van der Waals surface area contributed by atoms with E-state index in [2.05, 4.69) is 21.2 Å². The van der Waals surface area contributed by atoms with Crippen molar-refractivity contribution < 1.29 is 19.1 Å². The van der Waals surface area contributed by atoms with E-state index in [0.29, 0.717) is 30.8 Å². The Morgan fingerprint density at radius 2 is 2.19 bits per heavy atom. The van der Waals surface area contributed by atoms with Crippen LogP contribution in [-0.4, -0.2) is 38.1 Å². The van der Waals surface area contributed by atoms with Gasteiger partial charge in [-0.25, -0.2) is 0 Å². The van der Waals surface area contributed by atoms with Gasteiger partial charge in [-0.05, 0) is 38.5 Å². The number of carbonyl (C=O) groups excluding carboxylic acids is 2. The molecule has 0 bridgehead atoms. The molecule has 0 spiro atoms. The van der Waals surface area contributed by atoms with Crippen molar-refractivity contribution in [2.45, 2.75) is 26.4 Å². The highest BCUT2D eigenvalue weighted by Gasteiger charge is 2.07. The Morgan fingerprint density at radius 3 is 2.86 bits per heavy atom. The molecule has 1 N–H and O–H groups in total. The van der Waals surface area contributed by atoms with Crippen LogP contribution in [0.25, 0.3) is 0 Å². The molecule has 0 aromatic heterocycles. The molecule has 1 aromatic carbocycles. The van der Waals surface area contributed by atoms with Gasteiger partial charge in [-0.2, -0.15) is 0 Å². The molecular formula is C15H20BrNO4. The molecule has 0 saturated heterocycles. The number of hydrogen-bond acceptors (Lipinski definition) is 4. The van der Waals surface area contributed by atoms with Crippen LogP contribution >= 0.6 is 15.9 Å². The van der Waals surface area contributed by atoms with Crippen molar-refractivity contribution in [1.82, 2.24) is 5.32 Å². The summed E-state index contributed by atoms with van der Waals surface area (Å²) in [6.07, 6.45) is 1.64. The van der Waals surface area contributed by atoms with Crippen molar-refractivity contribution in [2.75, 3.05) is 19.8 Å². The first-order chi connectivity index (χ1) is 10.0. The minimum atomic E-state index is -0.223. The van der Waals surface area contributed by atoms with E-state index in [-0.39, 0.29) is 18.6 Å². The van der Waals surface area contributed by atoms with Crippen LogP contribution in [0.2, 0.25) is 0 Å². The fraction of sp³-hybridized carbons (Fsp3) is 0.467. The zero-order chi connectivity index (χ0) is 15.7. The van der Waals surface area contributed by atoms with Crippen LogP contribution < -0.4 is 10.1 Å². The second kappa shape index (κ2) is 9.52. The van der Waals surface area contributed by atoms with Gasteiger partial charge in [-0.1, -0.05) is 15.9 Å². The molecule has 6 heteroatoms. The van der Waals surface area contributed by atoms with Crippen LogP contribution in [0, 0.1) is 0 Å². The first-order valence-corrected chi connectivity index (χ1v) is 7.58. The topological polar surface area (TPSA) is 64.6 Å². The predicted molar refractivity (Wildman–Crippen MR) is 83.7 cm³/mol. The molecule has 0 aliphatic heterocycles. The summed E-state index contributed by atoms with van der Waals surface area (Å²) in [5, 5.41) is 2.73. The second-order valence-corrected chi connectivity index (χ2v) is 5.63. The maximum absolute atomic E-state index is 11.6. The summed E-state index contributed by atoms with van der Waals surface area (Å²) in [7, 11) is 0. The molecule has 0 fully saturated rings. The Balaban J connectivity index is 2.28. The number of ether oxygens (including phenoxy) is 2. The molecule has 0 aliphatic carbocycles. The van der Waals surface area contributed by atoms with Crippen LogP contribution in [0.15, 0.2) is 22.7 Å². The van der Waals surface area contributed by atoms with Crippen LogP contribution in [-0.2, 0) is 9.53 Å². The summed E-state index contributed by atoms with van der Waals surface area (Å²) in [6, 6.07) is 5.05. The van der Waals surface area contributed by atoms with Gasteiger partial charge in [-0.15, -0.1) is 0 Å². The van der Waals surface area contributed by atoms with Crippen molar-refractivity contribution in [1.29, 1.82) is 0 Å². The van der Waals surface area contributed by atoms with E-state index < -0.39 is 0 Å². The molecule has 21 heavy (non-hydrogen) atoms. The van der Waals surface area contributed by atoms with E-state index >= 15 is 0 Å². The normalized spacial score (nSPS) is 10.5. The zero-order valence-electron chi connectivity index (χ0n) is 12.2. The van der Waals surface area contributed by atoms with Crippen molar-refractivity contribution >= 4 is 28.1 Å². The molecular weight excluding hydrogens is 338 g/mol. The molecule has 116 valence electrons. The molecule has 1 amide bonds. The van der Waals surface area contributed by atoms with E-state index in [9.17, 15) is 9.59 Å². The van der Waals surface area contributed by atoms with Gasteiger partial charge in [0.1, 0.15) is 5.75 Å². The SMILES string of the molecule is CC(C)OCCCNC(=O)COc1ccc(Br)cc1C=O. The smallest absolute Gasteiger partial charge is 0.257 e. The first kappa shape index (κ1) is 17.7. The lowest BCUT2D eigenvalue weighted by Gasteiger charge is -2.10. The highest BCUT2D eigenvalue weighted by Crippen LogP contribution is 2.21. The average molecular weight is 358 g/mol. The number of carbonyl (C=O) groups is 2. The molecule has 1 aromatic rings. The fourth-order valence-electron chi connectivity index (χ4n) is 1.56. The van der Waals surface area contributed by atoms with Crippen LogP contribution in [0.5, 0.6) is 5.75 Å². The molecule has 0 unspecified atom stereocenters. The number of amides is 1. The lowest BCUT2D eigenvalue weighted by atomic mass is 10.2. The maximum Gasteiger partial charge on any atom is 0.257 e. The van der Waals surface area contributed by atoms with E-state index in [4.69, 9.17) is 9.47 Å². The number of halogens is 1. The molecule has 0 atom stereocenters. The van der Waals surface area contributed by atoms with E-state index in [1.807, 2.05) is 13.8 Å². The Morgan fingerprint density at radius 1 is 1.43 bits per heavy atom. The van der Waals surface area contributed by atoms with Crippen molar-refractivity contribution in [2.24, 2.45) is 0 Å². The molecule has 1 rings (SSSR count). The standard InChI is InChI=1S/C15H20BrNO4/c1-11(2)20-7-3-6-17-15(19)10-21-14-5-4-13(16)8-12(14)9-18/h4-5,8-9,11H,3,6-7,10H2,1-2H3,(H,17,19). The lowest BCUT2D eigenvalue weighted by molar-refractivity contribution is -0.123.